The second kappa shape index (κ2) is 13.2. The van der Waals surface area contributed by atoms with Crippen LogP contribution in [0.3, 0.4) is 0 Å². The van der Waals surface area contributed by atoms with E-state index in [0.717, 1.165) is 110 Å². The van der Waals surface area contributed by atoms with Crippen LogP contribution in [0.5, 0.6) is 0 Å². The maximum atomic E-state index is 13.1. The molecule has 0 atom stereocenters. The number of carbonyl (C=O) groups excluding carboxylic acids is 1. The monoisotopic (exact) mass is 572 g/mol. The van der Waals surface area contributed by atoms with Crippen LogP contribution in [-0.4, -0.2) is 67.9 Å². The van der Waals surface area contributed by atoms with Crippen LogP contribution in [0.25, 0.3) is 11.1 Å². The predicted octanol–water partition coefficient (Wildman–Crippen LogP) is 4.49. The van der Waals surface area contributed by atoms with Gasteiger partial charge in [0.05, 0.1) is 13.2 Å². The SMILES string of the molecule is CCN(c1cc(-c2ccc(CN3CCOCC3)cc2Cc2c(C)cc(C)[nH]c2=O)cc(C(N)=O)c1C)C1CCOCC1. The van der Waals surface area contributed by atoms with Crippen molar-refractivity contribution >= 4 is 11.6 Å². The Morgan fingerprint density at radius 2 is 1.74 bits per heavy atom. The Bertz CT molecular complexity index is 1490. The zero-order valence-electron chi connectivity index (χ0n) is 25.4. The number of pyridine rings is 1. The average Bonchev–Trinajstić information content (AvgIpc) is 2.97. The van der Waals surface area contributed by atoms with Crippen molar-refractivity contribution in [3.63, 3.8) is 0 Å². The Kier molecular flexibility index (Phi) is 9.46. The number of ether oxygens (including phenoxy) is 2. The smallest absolute Gasteiger partial charge is 0.251 e. The molecule has 3 aromatic rings. The first-order chi connectivity index (χ1) is 20.2. The van der Waals surface area contributed by atoms with Crippen molar-refractivity contribution in [2.75, 3.05) is 51.0 Å². The van der Waals surface area contributed by atoms with Gasteiger partial charge in [0.1, 0.15) is 0 Å². The van der Waals surface area contributed by atoms with Crippen molar-refractivity contribution < 1.29 is 14.3 Å². The molecule has 1 aromatic heterocycles. The molecule has 0 aliphatic carbocycles. The fourth-order valence-electron chi connectivity index (χ4n) is 6.51. The standard InChI is InChI=1S/C34H44N4O4/c1-5-38(28-8-12-41-13-9-28)32-20-27(19-31(24(32)4)33(35)39)29-7-6-25(21-37-10-14-42-15-11-37)17-26(29)18-30-22(2)16-23(3)36-34(30)40/h6-7,16-17,19-20,28H,5,8-15,18,21H2,1-4H3,(H2,35,39)(H,36,40). The van der Waals surface area contributed by atoms with E-state index in [1.54, 1.807) is 0 Å². The third-order valence-electron chi connectivity index (χ3n) is 8.78. The van der Waals surface area contributed by atoms with Crippen LogP contribution in [-0.2, 0) is 22.4 Å². The van der Waals surface area contributed by atoms with Gasteiger partial charge in [0, 0.05) is 74.4 Å². The van der Waals surface area contributed by atoms with Gasteiger partial charge in [-0.2, -0.15) is 0 Å². The maximum Gasteiger partial charge on any atom is 0.251 e. The van der Waals surface area contributed by atoms with Gasteiger partial charge in [-0.3, -0.25) is 14.5 Å². The molecule has 2 aliphatic rings. The van der Waals surface area contributed by atoms with Gasteiger partial charge in [0.25, 0.3) is 5.56 Å². The molecule has 3 N–H and O–H groups in total. The molecule has 0 saturated carbocycles. The highest BCUT2D eigenvalue weighted by Crippen LogP contribution is 2.36. The van der Waals surface area contributed by atoms with E-state index in [9.17, 15) is 9.59 Å². The third kappa shape index (κ3) is 6.61. The summed E-state index contributed by atoms with van der Waals surface area (Å²) in [5.41, 5.74) is 15.1. The summed E-state index contributed by atoms with van der Waals surface area (Å²) in [5.74, 6) is -0.435. The van der Waals surface area contributed by atoms with Gasteiger partial charge in [0.15, 0.2) is 0 Å². The topological polar surface area (TPSA) is 101 Å². The highest BCUT2D eigenvalue weighted by atomic mass is 16.5. The molecule has 0 spiro atoms. The van der Waals surface area contributed by atoms with Gasteiger partial charge in [-0.05, 0) is 92.1 Å². The highest BCUT2D eigenvalue weighted by molar-refractivity contribution is 5.98. The van der Waals surface area contributed by atoms with Gasteiger partial charge in [0.2, 0.25) is 5.91 Å². The summed E-state index contributed by atoms with van der Waals surface area (Å²) in [5, 5.41) is 0. The van der Waals surface area contributed by atoms with Crippen LogP contribution in [0.4, 0.5) is 5.69 Å². The van der Waals surface area contributed by atoms with E-state index < -0.39 is 5.91 Å². The Hall–Kier alpha value is -3.46. The van der Waals surface area contributed by atoms with Crippen LogP contribution >= 0.6 is 0 Å². The van der Waals surface area contributed by atoms with Crippen molar-refractivity contribution in [1.82, 2.24) is 9.88 Å². The zero-order valence-corrected chi connectivity index (χ0v) is 25.4. The number of primary amides is 1. The molecule has 0 bridgehead atoms. The number of carbonyl (C=O) groups is 1. The van der Waals surface area contributed by atoms with Gasteiger partial charge in [-0.25, -0.2) is 0 Å². The molecule has 0 radical (unpaired) electrons. The van der Waals surface area contributed by atoms with Crippen molar-refractivity contribution in [3.05, 3.63) is 85.8 Å². The van der Waals surface area contributed by atoms with Crippen molar-refractivity contribution in [2.45, 2.75) is 59.5 Å². The molecule has 2 aromatic carbocycles. The lowest BCUT2D eigenvalue weighted by molar-refractivity contribution is 0.0342. The van der Waals surface area contributed by atoms with Crippen molar-refractivity contribution in [3.8, 4) is 11.1 Å². The largest absolute Gasteiger partial charge is 0.381 e. The summed E-state index contributed by atoms with van der Waals surface area (Å²) in [6.07, 6.45) is 2.38. The number of hydrogen-bond acceptors (Lipinski definition) is 6. The highest BCUT2D eigenvalue weighted by Gasteiger charge is 2.25. The number of hydrogen-bond donors (Lipinski definition) is 2. The van der Waals surface area contributed by atoms with Gasteiger partial charge >= 0.3 is 0 Å². The lowest BCUT2D eigenvalue weighted by Gasteiger charge is -2.37. The Labute approximate surface area is 248 Å². The number of nitrogens with zero attached hydrogens (tertiary/aromatic N) is 2. The van der Waals surface area contributed by atoms with E-state index in [2.05, 4.69) is 46.0 Å². The molecule has 42 heavy (non-hydrogen) atoms. The van der Waals surface area contributed by atoms with Crippen LogP contribution < -0.4 is 16.2 Å². The normalized spacial score (nSPS) is 16.5. The Morgan fingerprint density at radius 1 is 1.02 bits per heavy atom. The molecular weight excluding hydrogens is 528 g/mol. The summed E-state index contributed by atoms with van der Waals surface area (Å²) in [6.45, 7) is 14.4. The molecular formula is C34H44N4O4. The summed E-state index contributed by atoms with van der Waals surface area (Å²) in [4.78, 5) is 33.6. The van der Waals surface area contributed by atoms with Crippen LogP contribution in [0, 0.1) is 20.8 Å². The summed E-state index contributed by atoms with van der Waals surface area (Å²) < 4.78 is 11.2. The number of anilines is 1. The first-order valence-electron chi connectivity index (χ1n) is 15.2. The maximum absolute atomic E-state index is 13.1. The van der Waals surface area contributed by atoms with Gasteiger partial charge in [-0.15, -0.1) is 0 Å². The molecule has 1 amide bonds. The predicted molar refractivity (Wildman–Crippen MR) is 167 cm³/mol. The third-order valence-corrected chi connectivity index (χ3v) is 8.78. The van der Waals surface area contributed by atoms with E-state index in [-0.39, 0.29) is 5.56 Å². The quantitative estimate of drug-likeness (QED) is 0.392. The Balaban J connectivity index is 1.63. The van der Waals surface area contributed by atoms with E-state index >= 15 is 0 Å². The number of aryl methyl sites for hydroxylation is 2. The zero-order chi connectivity index (χ0) is 29.8. The summed E-state index contributed by atoms with van der Waals surface area (Å²) >= 11 is 0. The number of morpholine rings is 1. The van der Waals surface area contributed by atoms with Gasteiger partial charge < -0.3 is 25.1 Å². The lowest BCUT2D eigenvalue weighted by atomic mass is 9.89. The first-order valence-corrected chi connectivity index (χ1v) is 15.2. The number of aromatic amines is 1. The molecule has 224 valence electrons. The molecule has 8 nitrogen and oxygen atoms in total. The molecule has 8 heteroatoms. The molecule has 2 aliphatic heterocycles. The second-order valence-electron chi connectivity index (χ2n) is 11.7. The number of nitrogens with two attached hydrogens (primary N) is 1. The molecule has 0 unspecified atom stereocenters. The minimum Gasteiger partial charge on any atom is -0.381 e. The van der Waals surface area contributed by atoms with Crippen LogP contribution in [0.1, 0.15) is 63.6 Å². The van der Waals surface area contributed by atoms with Crippen LogP contribution in [0.15, 0.2) is 41.2 Å². The lowest BCUT2D eigenvalue weighted by Crippen LogP contribution is -2.40. The number of H-pyrrole nitrogens is 1. The fourth-order valence-corrected chi connectivity index (χ4v) is 6.51. The van der Waals surface area contributed by atoms with Crippen molar-refractivity contribution in [2.24, 2.45) is 5.73 Å². The number of rotatable bonds is 9. The summed E-state index contributed by atoms with van der Waals surface area (Å²) in [6, 6.07) is 13.0. The Morgan fingerprint density at radius 3 is 2.40 bits per heavy atom. The average molecular weight is 573 g/mol. The van der Waals surface area contributed by atoms with E-state index in [4.69, 9.17) is 15.2 Å². The minimum absolute atomic E-state index is 0.0591. The summed E-state index contributed by atoms with van der Waals surface area (Å²) in [7, 11) is 0. The van der Waals surface area contributed by atoms with E-state index in [1.807, 2.05) is 32.9 Å². The molecule has 5 rings (SSSR count). The van der Waals surface area contributed by atoms with E-state index in [1.165, 1.54) is 5.56 Å². The number of amides is 1. The van der Waals surface area contributed by atoms with Crippen LogP contribution in [0.2, 0.25) is 0 Å². The number of nitrogens with one attached hydrogen (secondary N) is 1. The fraction of sp³-hybridized carbons (Fsp3) is 0.471. The second-order valence-corrected chi connectivity index (χ2v) is 11.7. The molecule has 3 heterocycles. The van der Waals surface area contributed by atoms with Gasteiger partial charge in [-0.1, -0.05) is 18.2 Å². The molecule has 2 saturated heterocycles. The van der Waals surface area contributed by atoms with Crippen molar-refractivity contribution in [1.29, 1.82) is 0 Å². The van der Waals surface area contributed by atoms with E-state index in [0.29, 0.717) is 18.0 Å². The number of aromatic nitrogens is 1. The number of benzene rings is 2. The molecule has 2 fully saturated rings. The first kappa shape index (κ1) is 30.0. The minimum atomic E-state index is -0.435.